The van der Waals surface area contributed by atoms with Gasteiger partial charge in [0.2, 0.25) is 0 Å². The molecule has 1 atom stereocenters. The van der Waals surface area contributed by atoms with Crippen molar-refractivity contribution in [1.29, 1.82) is 0 Å². The van der Waals surface area contributed by atoms with Gasteiger partial charge in [0.05, 0.1) is 22.6 Å². The van der Waals surface area contributed by atoms with Crippen molar-refractivity contribution >= 4 is 63.5 Å². The number of furan rings is 1. The van der Waals surface area contributed by atoms with E-state index in [1.165, 1.54) is 11.8 Å². The van der Waals surface area contributed by atoms with Gasteiger partial charge in [0.25, 0.3) is 5.91 Å². The van der Waals surface area contributed by atoms with Crippen LogP contribution in [0.1, 0.15) is 18.6 Å². The van der Waals surface area contributed by atoms with Crippen molar-refractivity contribution in [3.63, 3.8) is 0 Å². The third kappa shape index (κ3) is 4.10. The first-order chi connectivity index (χ1) is 13.0. The van der Waals surface area contributed by atoms with E-state index in [1.54, 1.807) is 35.2 Å². The molecule has 0 aliphatic carbocycles. The van der Waals surface area contributed by atoms with Crippen LogP contribution >= 0.6 is 47.2 Å². The van der Waals surface area contributed by atoms with Gasteiger partial charge in [-0.1, -0.05) is 47.2 Å². The molecule has 2 aliphatic rings. The van der Waals surface area contributed by atoms with Crippen molar-refractivity contribution in [2.45, 2.75) is 18.9 Å². The Morgan fingerprint density at radius 2 is 2.15 bits per heavy atom. The van der Waals surface area contributed by atoms with Crippen LogP contribution in [0.4, 0.5) is 0 Å². The predicted octanol–water partition coefficient (Wildman–Crippen LogP) is 5.63. The lowest BCUT2D eigenvalue weighted by atomic mass is 10.2. The Kier molecular flexibility index (Phi) is 5.62. The van der Waals surface area contributed by atoms with Gasteiger partial charge in [-0.25, -0.2) is 0 Å². The van der Waals surface area contributed by atoms with Crippen LogP contribution in [0.3, 0.4) is 0 Å². The quantitative estimate of drug-likeness (QED) is 0.455. The van der Waals surface area contributed by atoms with Crippen molar-refractivity contribution in [1.82, 2.24) is 4.90 Å². The van der Waals surface area contributed by atoms with Crippen LogP contribution in [0.25, 0.3) is 17.4 Å². The standard InChI is InChI=1S/C19H15Cl2NO3S2/c20-11-3-5-14(15(21)8-11)16-6-4-12(25-16)9-17-18(23)22(19(26)27-17)10-13-2-1-7-24-13/h3-6,8-9,13H,1-2,7,10H2/b17-9-. The van der Waals surface area contributed by atoms with Crippen LogP contribution < -0.4 is 0 Å². The van der Waals surface area contributed by atoms with Crippen LogP contribution in [0.5, 0.6) is 0 Å². The summed E-state index contributed by atoms with van der Waals surface area (Å²) in [6.45, 7) is 1.25. The summed E-state index contributed by atoms with van der Waals surface area (Å²) in [5.41, 5.74) is 0.742. The van der Waals surface area contributed by atoms with E-state index in [4.69, 9.17) is 44.6 Å². The largest absolute Gasteiger partial charge is 0.457 e. The minimum absolute atomic E-state index is 0.0640. The van der Waals surface area contributed by atoms with Crippen molar-refractivity contribution in [2.75, 3.05) is 13.2 Å². The zero-order chi connectivity index (χ0) is 19.0. The van der Waals surface area contributed by atoms with Crippen molar-refractivity contribution in [3.05, 3.63) is 51.0 Å². The second-order valence-electron chi connectivity index (χ2n) is 6.25. The lowest BCUT2D eigenvalue weighted by Gasteiger charge is -2.18. The fourth-order valence-electron chi connectivity index (χ4n) is 3.04. The number of carbonyl (C=O) groups is 1. The molecule has 1 amide bonds. The summed E-state index contributed by atoms with van der Waals surface area (Å²) in [6, 6.07) is 8.83. The maximum atomic E-state index is 12.7. The first-order valence-corrected chi connectivity index (χ1v) is 10.4. The summed E-state index contributed by atoms with van der Waals surface area (Å²) in [4.78, 5) is 14.8. The van der Waals surface area contributed by atoms with Gasteiger partial charge in [-0.3, -0.25) is 9.69 Å². The van der Waals surface area contributed by atoms with E-state index in [9.17, 15) is 4.79 Å². The Balaban J connectivity index is 1.53. The number of carbonyl (C=O) groups excluding carboxylic acids is 1. The molecule has 8 heteroatoms. The molecular formula is C19H15Cl2NO3S2. The second-order valence-corrected chi connectivity index (χ2v) is 8.77. The summed E-state index contributed by atoms with van der Waals surface area (Å²) in [6.07, 6.45) is 3.76. The SMILES string of the molecule is O=C1/C(=C/c2ccc(-c3ccc(Cl)cc3Cl)o2)SC(=S)N1CC1CCCO1. The highest BCUT2D eigenvalue weighted by Crippen LogP contribution is 2.36. The summed E-state index contributed by atoms with van der Waals surface area (Å²) >= 11 is 18.8. The minimum atomic E-state index is -0.108. The van der Waals surface area contributed by atoms with E-state index in [2.05, 4.69) is 0 Å². The molecule has 1 aromatic carbocycles. The van der Waals surface area contributed by atoms with E-state index in [-0.39, 0.29) is 12.0 Å². The number of hydrogen-bond donors (Lipinski definition) is 0. The smallest absolute Gasteiger partial charge is 0.266 e. The molecular weight excluding hydrogens is 425 g/mol. The molecule has 0 bridgehead atoms. The fraction of sp³-hybridized carbons (Fsp3) is 0.263. The van der Waals surface area contributed by atoms with Gasteiger partial charge in [-0.2, -0.15) is 0 Å². The van der Waals surface area contributed by atoms with Crippen LogP contribution in [0.2, 0.25) is 10.0 Å². The van der Waals surface area contributed by atoms with E-state index in [1.807, 2.05) is 6.07 Å². The molecule has 4 nitrogen and oxygen atoms in total. The van der Waals surface area contributed by atoms with E-state index in [0.717, 1.165) is 25.0 Å². The van der Waals surface area contributed by atoms with Gasteiger partial charge in [0, 0.05) is 23.3 Å². The molecule has 0 N–H and O–H groups in total. The Morgan fingerprint density at radius 3 is 2.89 bits per heavy atom. The highest BCUT2D eigenvalue weighted by atomic mass is 35.5. The minimum Gasteiger partial charge on any atom is -0.457 e. The Bertz CT molecular complexity index is 935. The van der Waals surface area contributed by atoms with Crippen molar-refractivity contribution in [2.24, 2.45) is 0 Å². The second kappa shape index (κ2) is 7.97. The number of rotatable bonds is 4. The number of hydrogen-bond acceptors (Lipinski definition) is 5. The molecule has 27 heavy (non-hydrogen) atoms. The highest BCUT2D eigenvalue weighted by molar-refractivity contribution is 8.26. The number of halogens is 2. The molecule has 2 aromatic rings. The fourth-order valence-corrected chi connectivity index (χ4v) is 4.80. The maximum absolute atomic E-state index is 12.7. The normalized spacial score (nSPS) is 21.6. The molecule has 1 aromatic heterocycles. The average molecular weight is 440 g/mol. The number of nitrogens with zero attached hydrogens (tertiary/aromatic N) is 1. The molecule has 2 fully saturated rings. The lowest BCUT2D eigenvalue weighted by Crippen LogP contribution is -2.35. The van der Waals surface area contributed by atoms with Gasteiger partial charge in [0.15, 0.2) is 0 Å². The predicted molar refractivity (Wildman–Crippen MR) is 113 cm³/mol. The lowest BCUT2D eigenvalue weighted by molar-refractivity contribution is -0.123. The summed E-state index contributed by atoms with van der Waals surface area (Å²) in [5, 5.41) is 1.07. The van der Waals surface area contributed by atoms with Gasteiger partial charge in [0.1, 0.15) is 15.8 Å². The first-order valence-electron chi connectivity index (χ1n) is 8.43. The molecule has 2 saturated heterocycles. The number of ether oxygens (including phenoxy) is 1. The Hall–Kier alpha value is -1.31. The maximum Gasteiger partial charge on any atom is 0.266 e. The van der Waals surface area contributed by atoms with Gasteiger partial charge >= 0.3 is 0 Å². The van der Waals surface area contributed by atoms with Crippen LogP contribution in [-0.4, -0.2) is 34.4 Å². The van der Waals surface area contributed by atoms with Gasteiger partial charge in [-0.05, 0) is 43.2 Å². The van der Waals surface area contributed by atoms with E-state index < -0.39 is 0 Å². The van der Waals surface area contributed by atoms with Crippen molar-refractivity contribution < 1.29 is 13.9 Å². The van der Waals surface area contributed by atoms with Gasteiger partial charge < -0.3 is 9.15 Å². The van der Waals surface area contributed by atoms with E-state index in [0.29, 0.717) is 37.3 Å². The van der Waals surface area contributed by atoms with Crippen LogP contribution in [-0.2, 0) is 9.53 Å². The molecule has 140 valence electrons. The average Bonchev–Trinajstić information content (AvgIpc) is 3.34. The highest BCUT2D eigenvalue weighted by Gasteiger charge is 2.34. The molecule has 4 rings (SSSR count). The number of benzene rings is 1. The third-order valence-corrected chi connectivity index (χ3v) is 6.31. The number of amides is 1. The first kappa shape index (κ1) is 19.0. The molecule has 0 radical (unpaired) electrons. The molecule has 1 unspecified atom stereocenters. The van der Waals surface area contributed by atoms with Crippen molar-refractivity contribution in [3.8, 4) is 11.3 Å². The molecule has 3 heterocycles. The molecule has 0 spiro atoms. The molecule has 2 aliphatic heterocycles. The summed E-state index contributed by atoms with van der Waals surface area (Å²) < 4.78 is 12.0. The number of thiocarbonyl (C=S) groups is 1. The van der Waals surface area contributed by atoms with Crippen LogP contribution in [0, 0.1) is 0 Å². The third-order valence-electron chi connectivity index (χ3n) is 4.38. The van der Waals surface area contributed by atoms with Gasteiger partial charge in [-0.15, -0.1) is 0 Å². The van der Waals surface area contributed by atoms with Crippen LogP contribution in [0.15, 0.2) is 39.7 Å². The molecule has 0 saturated carbocycles. The van der Waals surface area contributed by atoms with E-state index >= 15 is 0 Å². The Labute approximate surface area is 176 Å². The topological polar surface area (TPSA) is 42.7 Å². The summed E-state index contributed by atoms with van der Waals surface area (Å²) in [7, 11) is 0. The monoisotopic (exact) mass is 439 g/mol. The zero-order valence-electron chi connectivity index (χ0n) is 14.1. The Morgan fingerprint density at radius 1 is 1.30 bits per heavy atom. The number of thioether (sulfide) groups is 1. The zero-order valence-corrected chi connectivity index (χ0v) is 17.3. The summed E-state index contributed by atoms with van der Waals surface area (Å²) in [5.74, 6) is 1.06.